The van der Waals surface area contributed by atoms with Gasteiger partial charge < -0.3 is 25.0 Å². The van der Waals surface area contributed by atoms with Gasteiger partial charge in [-0.3, -0.25) is 0 Å². The van der Waals surface area contributed by atoms with E-state index in [9.17, 15) is 29.8 Å². The third-order valence-electron chi connectivity index (χ3n) is 5.42. The zero-order chi connectivity index (χ0) is 25.5. The number of benzene rings is 2. The van der Waals surface area contributed by atoms with Crippen LogP contribution in [0.5, 0.6) is 0 Å². The van der Waals surface area contributed by atoms with Gasteiger partial charge in [0.15, 0.2) is 17.5 Å². The second-order valence-corrected chi connectivity index (χ2v) is 8.40. The standard InChI is InChI=1S/C24H20F2N4O5/c1-23(2,13-27)9-8-14-4-3-5-17-15(14)12-35-11-10-29(17)21-19-18(7-6-16(25)20(19)26)30(22(31)28-21)24(32,33)34/h3-7,32-34H,10-12H2,1-2H3. The van der Waals surface area contributed by atoms with E-state index in [4.69, 9.17) is 4.74 Å². The Balaban J connectivity index is 2.02. The first-order valence-corrected chi connectivity index (χ1v) is 10.4. The van der Waals surface area contributed by atoms with Crippen LogP contribution in [0.15, 0.2) is 35.1 Å². The lowest BCUT2D eigenvalue weighted by Gasteiger charge is -2.27. The predicted octanol–water partition coefficient (Wildman–Crippen LogP) is 1.79. The number of nitrogens with zero attached hydrogens (tertiary/aromatic N) is 4. The highest BCUT2D eigenvalue weighted by molar-refractivity contribution is 5.93. The molecule has 4 rings (SSSR count). The lowest BCUT2D eigenvalue weighted by molar-refractivity contribution is -0.374. The molecule has 2 aromatic carbocycles. The lowest BCUT2D eigenvalue weighted by atomic mass is 9.95. The molecule has 1 aromatic heterocycles. The molecular formula is C24H20F2N4O5. The Morgan fingerprint density at radius 2 is 1.91 bits per heavy atom. The van der Waals surface area contributed by atoms with Crippen LogP contribution in [0.2, 0.25) is 0 Å². The van der Waals surface area contributed by atoms with Gasteiger partial charge in [-0.15, -0.1) is 0 Å². The number of aliphatic hydroxyl groups is 3. The molecule has 0 aliphatic carbocycles. The van der Waals surface area contributed by atoms with Crippen molar-refractivity contribution >= 4 is 22.4 Å². The van der Waals surface area contributed by atoms with Crippen molar-refractivity contribution in [3.63, 3.8) is 0 Å². The van der Waals surface area contributed by atoms with Crippen LogP contribution >= 0.6 is 0 Å². The first-order valence-electron chi connectivity index (χ1n) is 10.4. The van der Waals surface area contributed by atoms with Crippen molar-refractivity contribution < 1.29 is 28.8 Å². The van der Waals surface area contributed by atoms with Crippen LogP contribution in [0.25, 0.3) is 10.9 Å². The first kappa shape index (κ1) is 24.3. The van der Waals surface area contributed by atoms with E-state index in [1.54, 1.807) is 32.0 Å². The Bertz CT molecular complexity index is 1490. The maximum absolute atomic E-state index is 15.1. The molecule has 0 saturated carbocycles. The Hall–Kier alpha value is -3.87. The Labute approximate surface area is 198 Å². The van der Waals surface area contributed by atoms with Gasteiger partial charge in [-0.2, -0.15) is 10.2 Å². The van der Waals surface area contributed by atoms with Crippen molar-refractivity contribution in [3.05, 3.63) is 63.6 Å². The van der Waals surface area contributed by atoms with E-state index < -0.39 is 39.7 Å². The van der Waals surface area contributed by atoms with Crippen molar-refractivity contribution in [2.45, 2.75) is 26.6 Å². The van der Waals surface area contributed by atoms with Gasteiger partial charge in [-0.05, 0) is 38.1 Å². The number of anilines is 2. The fraction of sp³-hybridized carbons (Fsp3) is 0.292. The molecule has 11 heteroatoms. The maximum Gasteiger partial charge on any atom is 0.377 e. The van der Waals surface area contributed by atoms with Crippen LogP contribution in [0.3, 0.4) is 0 Å². The quantitative estimate of drug-likeness (QED) is 0.372. The van der Waals surface area contributed by atoms with Crippen LogP contribution in [0, 0.1) is 40.2 Å². The van der Waals surface area contributed by atoms with Crippen LogP contribution < -0.4 is 10.6 Å². The van der Waals surface area contributed by atoms with Gasteiger partial charge in [0.25, 0.3) is 0 Å². The number of nitriles is 1. The first-order chi connectivity index (χ1) is 16.4. The monoisotopic (exact) mass is 482 g/mol. The smallest absolute Gasteiger partial charge is 0.375 e. The summed E-state index contributed by atoms with van der Waals surface area (Å²) in [5.41, 5.74) is -1.18. The van der Waals surface area contributed by atoms with Gasteiger partial charge >= 0.3 is 11.8 Å². The van der Waals surface area contributed by atoms with Crippen molar-refractivity contribution in [1.29, 1.82) is 5.26 Å². The van der Waals surface area contributed by atoms with Crippen molar-refractivity contribution in [2.75, 3.05) is 18.1 Å². The van der Waals surface area contributed by atoms with Crippen LogP contribution in [-0.4, -0.2) is 38.0 Å². The van der Waals surface area contributed by atoms with E-state index in [2.05, 4.69) is 22.9 Å². The minimum atomic E-state index is -3.71. The molecule has 0 atom stereocenters. The highest BCUT2D eigenvalue weighted by Gasteiger charge is 2.32. The fourth-order valence-electron chi connectivity index (χ4n) is 3.74. The summed E-state index contributed by atoms with van der Waals surface area (Å²) in [5.74, 6) is 2.87. The second kappa shape index (κ2) is 8.73. The van der Waals surface area contributed by atoms with Gasteiger partial charge in [-0.1, -0.05) is 17.9 Å². The molecule has 0 unspecified atom stereocenters. The minimum absolute atomic E-state index is 0.0372. The highest BCUT2D eigenvalue weighted by Crippen LogP contribution is 2.36. The lowest BCUT2D eigenvalue weighted by Crippen LogP contribution is -2.43. The summed E-state index contributed by atoms with van der Waals surface area (Å²) in [7, 11) is 0. The largest absolute Gasteiger partial charge is 0.377 e. The van der Waals surface area contributed by atoms with Crippen LogP contribution in [0.1, 0.15) is 25.0 Å². The third kappa shape index (κ3) is 4.46. The van der Waals surface area contributed by atoms with E-state index in [0.29, 0.717) is 22.9 Å². The molecule has 180 valence electrons. The Kier molecular flexibility index (Phi) is 6.05. The molecule has 3 aromatic rings. The number of halogens is 2. The molecular weight excluding hydrogens is 462 g/mol. The number of aromatic nitrogens is 2. The number of ether oxygens (including phenoxy) is 1. The molecule has 0 radical (unpaired) electrons. The average molecular weight is 482 g/mol. The summed E-state index contributed by atoms with van der Waals surface area (Å²) >= 11 is 0. The van der Waals surface area contributed by atoms with Gasteiger partial charge in [0.2, 0.25) is 0 Å². The van der Waals surface area contributed by atoms with E-state index in [1.807, 2.05) is 0 Å². The number of hydrogen-bond acceptors (Lipinski definition) is 8. The van der Waals surface area contributed by atoms with Crippen molar-refractivity contribution in [2.24, 2.45) is 5.41 Å². The Morgan fingerprint density at radius 1 is 1.17 bits per heavy atom. The van der Waals surface area contributed by atoms with E-state index in [1.165, 1.54) is 4.90 Å². The topological polar surface area (TPSA) is 132 Å². The molecule has 35 heavy (non-hydrogen) atoms. The maximum atomic E-state index is 15.1. The van der Waals surface area contributed by atoms with E-state index >= 15 is 4.39 Å². The number of hydrogen-bond donors (Lipinski definition) is 3. The van der Waals surface area contributed by atoms with Gasteiger partial charge in [-0.25, -0.2) is 18.1 Å². The molecule has 0 saturated heterocycles. The predicted molar refractivity (Wildman–Crippen MR) is 120 cm³/mol. The van der Waals surface area contributed by atoms with E-state index in [-0.39, 0.29) is 30.1 Å². The molecule has 0 spiro atoms. The SMILES string of the molecule is CC(C)(C#N)C#Cc1cccc2c1COCCN2c1nc(=O)n(C(O)(O)O)c2ccc(F)c(F)c12. The van der Waals surface area contributed by atoms with E-state index in [0.717, 1.165) is 6.07 Å². The summed E-state index contributed by atoms with van der Waals surface area (Å²) in [5, 5.41) is 37.7. The average Bonchev–Trinajstić information content (AvgIpc) is 3.01. The molecule has 2 heterocycles. The third-order valence-corrected chi connectivity index (χ3v) is 5.42. The zero-order valence-corrected chi connectivity index (χ0v) is 18.7. The molecule has 0 fully saturated rings. The van der Waals surface area contributed by atoms with Gasteiger partial charge in [0, 0.05) is 23.4 Å². The second-order valence-electron chi connectivity index (χ2n) is 8.40. The van der Waals surface area contributed by atoms with Gasteiger partial charge in [0.05, 0.1) is 30.2 Å². The normalized spacial score (nSPS) is 14.1. The number of rotatable bonds is 2. The zero-order valence-electron chi connectivity index (χ0n) is 18.7. The van der Waals surface area contributed by atoms with Crippen LogP contribution in [-0.2, 0) is 17.4 Å². The summed E-state index contributed by atoms with van der Waals surface area (Å²) in [6, 6.07) is 8.76. The summed E-state index contributed by atoms with van der Waals surface area (Å²) in [4.78, 5) is 17.9. The molecule has 0 bridgehead atoms. The van der Waals surface area contributed by atoms with Crippen molar-refractivity contribution in [1.82, 2.24) is 9.55 Å². The van der Waals surface area contributed by atoms with Crippen LogP contribution in [0.4, 0.5) is 20.3 Å². The minimum Gasteiger partial charge on any atom is -0.375 e. The summed E-state index contributed by atoms with van der Waals surface area (Å²) in [6.45, 7) is 3.64. The Morgan fingerprint density at radius 3 is 2.60 bits per heavy atom. The highest BCUT2D eigenvalue weighted by atomic mass is 19.2. The summed E-state index contributed by atoms with van der Waals surface area (Å²) in [6.07, 6.45) is -3.71. The molecule has 3 N–H and O–H groups in total. The molecule has 1 aliphatic rings. The molecule has 9 nitrogen and oxygen atoms in total. The number of fused-ring (bicyclic) bond motifs is 2. The summed E-state index contributed by atoms with van der Waals surface area (Å²) < 4.78 is 35.0. The van der Waals surface area contributed by atoms with Gasteiger partial charge in [0.1, 0.15) is 5.41 Å². The molecule has 0 amide bonds. The fourth-order valence-corrected chi connectivity index (χ4v) is 3.74. The van der Waals surface area contributed by atoms with Crippen molar-refractivity contribution in [3.8, 4) is 17.9 Å². The molecule has 1 aliphatic heterocycles.